The number of nitrogens with zero attached hydrogens (tertiary/aromatic N) is 1. The van der Waals surface area contributed by atoms with Crippen LogP contribution in [0.15, 0.2) is 88.7 Å². The monoisotopic (exact) mass is 849 g/mol. The fraction of sp³-hybridized carbons (Fsp3) is 0.167. The molecule has 55 heavy (non-hydrogen) atoms. The standard InChI is InChI=1S/C30H14F15NO7S2/c31-26(32,33)14-5-6-24(53-23-4-2-1-3-21(23)25(47)48)22(13-14)46(54(49,50)19-9-15(27(34,35)36)7-16(10-19)28(37,38)39)55(51,52)20-11-17(29(40,41)42)8-18(12-20)30(43,44)45/h1-13H,(H,47,48). The number of alkyl halides is 15. The third kappa shape index (κ3) is 9.03. The van der Waals surface area contributed by atoms with Gasteiger partial charge in [0, 0.05) is 0 Å². The summed E-state index contributed by atoms with van der Waals surface area (Å²) in [5.41, 5.74) is -15.0. The number of benzene rings is 4. The van der Waals surface area contributed by atoms with Gasteiger partial charge in [-0.05, 0) is 66.7 Å². The lowest BCUT2D eigenvalue weighted by molar-refractivity contribution is -0.145. The summed E-state index contributed by atoms with van der Waals surface area (Å²) in [6.07, 6.45) is -29.2. The SMILES string of the molecule is O=C(O)c1ccccc1Oc1ccc(C(F)(F)F)cc1N(S(=O)(=O)c1cc(C(F)(F)F)cc(C(F)(F)F)c1)S(=O)(=O)c1cc(C(F)(F)F)cc(C(F)(F)F)c1. The van der Waals surface area contributed by atoms with Crippen LogP contribution in [-0.4, -0.2) is 27.9 Å². The quantitative estimate of drug-likeness (QED) is 0.176. The first-order chi connectivity index (χ1) is 24.8. The number of carboxylic acids is 1. The summed E-state index contributed by atoms with van der Waals surface area (Å²) in [7, 11) is -13.8. The smallest absolute Gasteiger partial charge is 0.416 e. The number of carboxylic acid groups (broad SMARTS) is 1. The van der Waals surface area contributed by atoms with Crippen LogP contribution in [0.5, 0.6) is 11.5 Å². The highest BCUT2D eigenvalue weighted by Gasteiger charge is 2.46. The number of hydrogen-bond donors (Lipinski definition) is 1. The maximum atomic E-state index is 14.2. The van der Waals surface area contributed by atoms with Crippen molar-refractivity contribution in [1.29, 1.82) is 0 Å². The molecule has 0 aromatic heterocycles. The number of rotatable bonds is 8. The topological polar surface area (TPSA) is 118 Å². The molecule has 1 N–H and O–H groups in total. The van der Waals surface area contributed by atoms with E-state index < -0.39 is 163 Å². The first-order valence-electron chi connectivity index (χ1n) is 13.9. The minimum absolute atomic E-state index is 0.0116. The van der Waals surface area contributed by atoms with E-state index in [-0.39, 0.29) is 12.1 Å². The van der Waals surface area contributed by atoms with Gasteiger partial charge in [-0.1, -0.05) is 12.1 Å². The van der Waals surface area contributed by atoms with Crippen LogP contribution in [0.2, 0.25) is 0 Å². The number of aromatic carboxylic acids is 1. The van der Waals surface area contributed by atoms with Gasteiger partial charge in [-0.2, -0.15) is 69.6 Å². The largest absolute Gasteiger partial charge is 0.478 e. The zero-order valence-electron chi connectivity index (χ0n) is 25.8. The van der Waals surface area contributed by atoms with Gasteiger partial charge in [0.15, 0.2) is 5.75 Å². The van der Waals surface area contributed by atoms with Gasteiger partial charge in [-0.3, -0.25) is 0 Å². The van der Waals surface area contributed by atoms with Crippen LogP contribution < -0.4 is 8.45 Å². The summed E-state index contributed by atoms with van der Waals surface area (Å²) in [5.74, 6) is -4.36. The highest BCUT2D eigenvalue weighted by Crippen LogP contribution is 2.46. The number of para-hydroxylation sites is 1. The second-order valence-electron chi connectivity index (χ2n) is 10.8. The molecule has 0 aliphatic carbocycles. The van der Waals surface area contributed by atoms with Gasteiger partial charge >= 0.3 is 36.9 Å². The Balaban J connectivity index is 2.25. The first-order valence-corrected chi connectivity index (χ1v) is 16.7. The number of carbonyl (C=O) groups is 1. The number of halogens is 15. The van der Waals surface area contributed by atoms with E-state index in [1.165, 1.54) is 0 Å². The summed E-state index contributed by atoms with van der Waals surface area (Å²) in [5, 5.41) is 9.50. The van der Waals surface area contributed by atoms with Crippen LogP contribution >= 0.6 is 0 Å². The fourth-order valence-corrected chi connectivity index (χ4v) is 8.34. The summed E-state index contributed by atoms with van der Waals surface area (Å²) in [6.45, 7) is 0. The Labute approximate surface area is 297 Å². The molecule has 4 aromatic carbocycles. The van der Waals surface area contributed by atoms with E-state index in [0.29, 0.717) is 0 Å². The van der Waals surface area contributed by atoms with Gasteiger partial charge in [-0.15, -0.1) is 0 Å². The average molecular weight is 850 g/mol. The predicted molar refractivity (Wildman–Crippen MR) is 155 cm³/mol. The van der Waals surface area contributed by atoms with Crippen molar-refractivity contribution in [2.24, 2.45) is 0 Å². The van der Waals surface area contributed by atoms with Crippen LogP contribution in [0, 0.1) is 0 Å². The second kappa shape index (κ2) is 13.8. The Kier molecular flexibility index (Phi) is 10.7. The summed E-state index contributed by atoms with van der Waals surface area (Å²) in [4.78, 5) is 7.03. The van der Waals surface area contributed by atoms with E-state index in [1.54, 1.807) is 0 Å². The maximum absolute atomic E-state index is 14.2. The van der Waals surface area contributed by atoms with Gasteiger partial charge < -0.3 is 9.84 Å². The Hall–Kier alpha value is -5.20. The molecule has 298 valence electrons. The van der Waals surface area contributed by atoms with Crippen LogP contribution in [0.4, 0.5) is 71.5 Å². The number of sulfonamides is 2. The third-order valence-electron chi connectivity index (χ3n) is 6.98. The molecule has 0 amide bonds. The van der Waals surface area contributed by atoms with Crippen LogP contribution in [0.1, 0.15) is 38.2 Å². The van der Waals surface area contributed by atoms with E-state index in [0.717, 1.165) is 24.3 Å². The number of ether oxygens (including phenoxy) is 1. The van der Waals surface area contributed by atoms with E-state index >= 15 is 0 Å². The van der Waals surface area contributed by atoms with Crippen molar-refractivity contribution in [2.45, 2.75) is 40.7 Å². The molecule has 0 heterocycles. The van der Waals surface area contributed by atoms with Gasteiger partial charge in [0.1, 0.15) is 17.0 Å². The molecule has 0 fully saturated rings. The van der Waals surface area contributed by atoms with Crippen LogP contribution in [0.3, 0.4) is 0 Å². The van der Waals surface area contributed by atoms with Crippen LogP contribution in [-0.2, 0) is 50.9 Å². The van der Waals surface area contributed by atoms with Crippen molar-refractivity contribution in [3.8, 4) is 11.5 Å². The van der Waals surface area contributed by atoms with E-state index in [4.69, 9.17) is 4.74 Å². The average Bonchev–Trinajstić information content (AvgIpc) is 3.03. The summed E-state index contributed by atoms with van der Waals surface area (Å²) < 4.78 is 267. The minimum atomic E-state index is -6.91. The lowest BCUT2D eigenvalue weighted by Gasteiger charge is -2.28. The lowest BCUT2D eigenvalue weighted by Crippen LogP contribution is -2.38. The van der Waals surface area contributed by atoms with Crippen molar-refractivity contribution < 1.29 is 97.3 Å². The Bertz CT molecular complexity index is 2200. The highest BCUT2D eigenvalue weighted by molar-refractivity contribution is 8.10. The molecule has 0 saturated heterocycles. The zero-order valence-corrected chi connectivity index (χ0v) is 27.5. The Morgan fingerprint density at radius 2 is 0.855 bits per heavy atom. The van der Waals surface area contributed by atoms with Gasteiger partial charge in [-0.25, -0.2) is 21.6 Å². The molecular weight excluding hydrogens is 835 g/mol. The number of anilines is 1. The number of hydrogen-bond acceptors (Lipinski definition) is 6. The Morgan fingerprint density at radius 1 is 0.491 bits per heavy atom. The molecule has 8 nitrogen and oxygen atoms in total. The normalized spacial score (nSPS) is 13.4. The van der Waals surface area contributed by atoms with Gasteiger partial charge in [0.05, 0.1) is 37.6 Å². The fourth-order valence-electron chi connectivity index (χ4n) is 4.50. The lowest BCUT2D eigenvalue weighted by atomic mass is 10.1. The molecule has 0 bridgehead atoms. The van der Waals surface area contributed by atoms with E-state index in [9.17, 15) is 92.6 Å². The van der Waals surface area contributed by atoms with Crippen molar-refractivity contribution in [1.82, 2.24) is 0 Å². The molecule has 0 unspecified atom stereocenters. The van der Waals surface area contributed by atoms with Crippen molar-refractivity contribution in [3.63, 3.8) is 0 Å². The van der Waals surface area contributed by atoms with Crippen molar-refractivity contribution in [3.05, 3.63) is 112 Å². The van der Waals surface area contributed by atoms with Crippen LogP contribution in [0.25, 0.3) is 0 Å². The molecule has 25 heteroatoms. The molecule has 0 atom stereocenters. The predicted octanol–water partition coefficient (Wildman–Crippen LogP) is 9.86. The molecule has 0 aliphatic rings. The second-order valence-corrected chi connectivity index (χ2v) is 14.6. The molecule has 0 spiro atoms. The summed E-state index contributed by atoms with van der Waals surface area (Å²) in [6, 6.07) is -0.910. The third-order valence-corrected chi connectivity index (χ3v) is 11.1. The summed E-state index contributed by atoms with van der Waals surface area (Å²) >= 11 is 0. The maximum Gasteiger partial charge on any atom is 0.416 e. The van der Waals surface area contributed by atoms with Gasteiger partial charge in [0.25, 0.3) is 20.0 Å². The molecule has 0 radical (unpaired) electrons. The van der Waals surface area contributed by atoms with E-state index in [2.05, 4.69) is 0 Å². The van der Waals surface area contributed by atoms with E-state index in [1.807, 2.05) is 0 Å². The minimum Gasteiger partial charge on any atom is -0.478 e. The molecule has 0 aliphatic heterocycles. The molecule has 4 aromatic rings. The molecule has 4 rings (SSSR count). The Morgan fingerprint density at radius 3 is 1.20 bits per heavy atom. The van der Waals surface area contributed by atoms with Crippen molar-refractivity contribution in [2.75, 3.05) is 3.71 Å². The first kappa shape index (κ1) is 42.5. The van der Waals surface area contributed by atoms with Gasteiger partial charge in [0.2, 0.25) is 0 Å². The highest BCUT2D eigenvalue weighted by atomic mass is 32.3. The molecular formula is C30H14F15NO7S2. The van der Waals surface area contributed by atoms with Crippen molar-refractivity contribution >= 4 is 31.7 Å². The molecule has 0 saturated carbocycles. The zero-order chi connectivity index (χ0) is 41.9.